The van der Waals surface area contributed by atoms with E-state index in [1.165, 1.54) is 0 Å². The molecule has 1 atom stereocenters. The Morgan fingerprint density at radius 3 is 2.71 bits per heavy atom. The molecule has 0 saturated heterocycles. The van der Waals surface area contributed by atoms with Gasteiger partial charge < -0.3 is 24.8 Å². The number of carbonyl (C=O) groups is 1. The van der Waals surface area contributed by atoms with E-state index in [1.54, 1.807) is 36.5 Å². The molecule has 3 rings (SSSR count). The van der Waals surface area contributed by atoms with Crippen molar-refractivity contribution in [2.24, 2.45) is 0 Å². The fourth-order valence-electron chi connectivity index (χ4n) is 2.83. The van der Waals surface area contributed by atoms with E-state index < -0.39 is 12.1 Å². The van der Waals surface area contributed by atoms with Crippen molar-refractivity contribution in [2.75, 3.05) is 13.2 Å². The zero-order valence-corrected chi connectivity index (χ0v) is 16.8. The van der Waals surface area contributed by atoms with Crippen LogP contribution < -0.4 is 9.47 Å². The second-order valence-electron chi connectivity index (χ2n) is 6.84. The Kier molecular flexibility index (Phi) is 7.91. The van der Waals surface area contributed by atoms with Gasteiger partial charge in [0.2, 0.25) is 0 Å². The molecule has 1 aromatic heterocycles. The van der Waals surface area contributed by atoms with E-state index in [1.807, 2.05) is 24.3 Å². The number of ether oxygens (including phenoxy) is 2. The first-order chi connectivity index (χ1) is 15.0. The van der Waals surface area contributed by atoms with Crippen LogP contribution in [0.4, 0.5) is 0 Å². The summed E-state index contributed by atoms with van der Waals surface area (Å²) in [7, 11) is 0. The van der Waals surface area contributed by atoms with Crippen molar-refractivity contribution in [1.29, 1.82) is 0 Å². The van der Waals surface area contributed by atoms with Crippen LogP contribution >= 0.6 is 0 Å². The number of rotatable bonds is 11. The lowest BCUT2D eigenvalue weighted by Crippen LogP contribution is -2.21. The van der Waals surface area contributed by atoms with Crippen molar-refractivity contribution in [1.82, 2.24) is 9.97 Å². The largest absolute Gasteiger partial charge is 0.491 e. The topological polar surface area (TPSA) is 122 Å². The van der Waals surface area contributed by atoms with Crippen molar-refractivity contribution >= 4 is 5.97 Å². The van der Waals surface area contributed by atoms with Crippen LogP contribution in [0.2, 0.25) is 0 Å². The van der Waals surface area contributed by atoms with Crippen LogP contribution in [-0.4, -0.2) is 50.6 Å². The highest BCUT2D eigenvalue weighted by molar-refractivity contribution is 5.67. The molecule has 8 heteroatoms. The predicted octanol–water partition coefficient (Wildman–Crippen LogP) is 2.47. The Bertz CT molecular complexity index is 1010. The first-order valence-electron chi connectivity index (χ1n) is 9.81. The monoisotopic (exact) mass is 424 g/mol. The standard InChI is InChI=1S/C23H24N2O6/c26-13-19(27)15-30-20-6-3-5-17(12-20)23-24-11-10-18(25-23)14-31-21-7-2-1-4-16(21)8-9-22(28)29/h1-7,10-12,19,26-27H,8-9,13-15H2,(H,28,29). The first-order valence-corrected chi connectivity index (χ1v) is 9.81. The van der Waals surface area contributed by atoms with Gasteiger partial charge in [0.25, 0.3) is 0 Å². The van der Waals surface area contributed by atoms with E-state index in [4.69, 9.17) is 19.7 Å². The lowest BCUT2D eigenvalue weighted by molar-refractivity contribution is -0.136. The van der Waals surface area contributed by atoms with Gasteiger partial charge in [0.1, 0.15) is 30.8 Å². The summed E-state index contributed by atoms with van der Waals surface area (Å²) < 4.78 is 11.4. The Morgan fingerprint density at radius 2 is 1.90 bits per heavy atom. The quantitative estimate of drug-likeness (QED) is 0.429. The molecule has 3 N–H and O–H groups in total. The molecule has 8 nitrogen and oxygen atoms in total. The van der Waals surface area contributed by atoms with Crippen LogP contribution in [0.15, 0.2) is 60.8 Å². The smallest absolute Gasteiger partial charge is 0.303 e. The Labute approximate surface area is 179 Å². The minimum absolute atomic E-state index is 0.0179. The van der Waals surface area contributed by atoms with Gasteiger partial charge in [-0.3, -0.25) is 4.79 Å². The van der Waals surface area contributed by atoms with Crippen molar-refractivity contribution in [3.8, 4) is 22.9 Å². The van der Waals surface area contributed by atoms with Gasteiger partial charge in [-0.2, -0.15) is 0 Å². The van der Waals surface area contributed by atoms with Crippen LogP contribution in [0.3, 0.4) is 0 Å². The van der Waals surface area contributed by atoms with Gasteiger partial charge in [-0.05, 0) is 36.2 Å². The number of aliphatic hydroxyl groups excluding tert-OH is 2. The number of aryl methyl sites for hydroxylation is 1. The van der Waals surface area contributed by atoms with Crippen LogP contribution in [0.25, 0.3) is 11.4 Å². The molecule has 0 radical (unpaired) electrons. The molecule has 162 valence electrons. The minimum Gasteiger partial charge on any atom is -0.491 e. The zero-order chi connectivity index (χ0) is 22.1. The molecule has 0 aliphatic carbocycles. The minimum atomic E-state index is -0.946. The van der Waals surface area contributed by atoms with Crippen LogP contribution in [-0.2, 0) is 17.8 Å². The van der Waals surface area contributed by atoms with E-state index >= 15 is 0 Å². The molecular formula is C23H24N2O6. The molecule has 0 aliphatic heterocycles. The molecule has 31 heavy (non-hydrogen) atoms. The summed E-state index contributed by atoms with van der Waals surface area (Å²) in [6, 6.07) is 16.2. The number of aliphatic carboxylic acids is 1. The first kappa shape index (κ1) is 22.2. The summed E-state index contributed by atoms with van der Waals surface area (Å²) in [4.78, 5) is 19.7. The van der Waals surface area contributed by atoms with Crippen molar-refractivity contribution in [2.45, 2.75) is 25.6 Å². The van der Waals surface area contributed by atoms with Gasteiger partial charge in [-0.25, -0.2) is 9.97 Å². The molecule has 0 spiro atoms. The number of nitrogens with zero attached hydrogens (tertiary/aromatic N) is 2. The maximum Gasteiger partial charge on any atom is 0.303 e. The SMILES string of the molecule is O=C(O)CCc1ccccc1OCc1ccnc(-c2cccc(OCC(O)CO)c2)n1. The highest BCUT2D eigenvalue weighted by Crippen LogP contribution is 2.23. The van der Waals surface area contributed by atoms with E-state index in [0.29, 0.717) is 29.4 Å². The highest BCUT2D eigenvalue weighted by Gasteiger charge is 2.09. The third-order valence-electron chi connectivity index (χ3n) is 4.41. The predicted molar refractivity (Wildman–Crippen MR) is 113 cm³/mol. The number of aliphatic hydroxyl groups is 2. The second kappa shape index (κ2) is 11.1. The van der Waals surface area contributed by atoms with E-state index in [9.17, 15) is 9.90 Å². The Morgan fingerprint density at radius 1 is 1.06 bits per heavy atom. The van der Waals surface area contributed by atoms with Crippen LogP contribution in [0.5, 0.6) is 11.5 Å². The third-order valence-corrected chi connectivity index (χ3v) is 4.41. The van der Waals surface area contributed by atoms with Crippen molar-refractivity contribution < 1.29 is 29.6 Å². The van der Waals surface area contributed by atoms with E-state index in [2.05, 4.69) is 9.97 Å². The van der Waals surface area contributed by atoms with Gasteiger partial charge in [0.15, 0.2) is 5.82 Å². The van der Waals surface area contributed by atoms with Crippen molar-refractivity contribution in [3.63, 3.8) is 0 Å². The van der Waals surface area contributed by atoms with Gasteiger partial charge in [0, 0.05) is 18.2 Å². The van der Waals surface area contributed by atoms with E-state index in [-0.39, 0.29) is 26.2 Å². The normalized spacial score (nSPS) is 11.7. The molecule has 0 aliphatic rings. The molecule has 0 bridgehead atoms. The zero-order valence-electron chi connectivity index (χ0n) is 16.8. The summed E-state index contributed by atoms with van der Waals surface area (Å²) in [5.41, 5.74) is 2.23. The third kappa shape index (κ3) is 6.77. The number of carboxylic acids is 1. The molecule has 2 aromatic carbocycles. The highest BCUT2D eigenvalue weighted by atomic mass is 16.5. The van der Waals surface area contributed by atoms with Crippen LogP contribution in [0, 0.1) is 0 Å². The average Bonchev–Trinajstić information content (AvgIpc) is 2.80. The summed E-state index contributed by atoms with van der Waals surface area (Å²) in [5.74, 6) is 0.796. The van der Waals surface area contributed by atoms with E-state index in [0.717, 1.165) is 11.1 Å². The number of hydrogen-bond donors (Lipinski definition) is 3. The number of para-hydroxylation sites is 1. The molecule has 0 saturated carbocycles. The fraction of sp³-hybridized carbons (Fsp3) is 0.261. The van der Waals surface area contributed by atoms with Gasteiger partial charge in [-0.1, -0.05) is 30.3 Å². The molecule has 0 fully saturated rings. The number of carboxylic acid groups (broad SMARTS) is 1. The Balaban J connectivity index is 1.68. The summed E-state index contributed by atoms with van der Waals surface area (Å²) in [6.45, 7) is -0.182. The number of benzene rings is 2. The fourth-order valence-corrected chi connectivity index (χ4v) is 2.83. The molecular weight excluding hydrogens is 400 g/mol. The number of aromatic nitrogens is 2. The van der Waals surface area contributed by atoms with Gasteiger partial charge >= 0.3 is 5.97 Å². The average molecular weight is 424 g/mol. The molecule has 1 heterocycles. The molecule has 3 aromatic rings. The Hall–Kier alpha value is -3.49. The maximum absolute atomic E-state index is 10.9. The number of hydrogen-bond acceptors (Lipinski definition) is 7. The summed E-state index contributed by atoms with van der Waals surface area (Å²) in [6.07, 6.45) is 1.11. The summed E-state index contributed by atoms with van der Waals surface area (Å²) >= 11 is 0. The molecule has 1 unspecified atom stereocenters. The maximum atomic E-state index is 10.9. The van der Waals surface area contributed by atoms with Crippen molar-refractivity contribution in [3.05, 3.63) is 72.1 Å². The lowest BCUT2D eigenvalue weighted by atomic mass is 10.1. The lowest BCUT2D eigenvalue weighted by Gasteiger charge is -2.12. The van der Waals surface area contributed by atoms with Gasteiger partial charge in [-0.15, -0.1) is 0 Å². The van der Waals surface area contributed by atoms with Gasteiger partial charge in [0.05, 0.1) is 12.3 Å². The summed E-state index contributed by atoms with van der Waals surface area (Å²) in [5, 5.41) is 27.2. The second-order valence-corrected chi connectivity index (χ2v) is 6.84. The van der Waals surface area contributed by atoms with Crippen LogP contribution in [0.1, 0.15) is 17.7 Å². The molecule has 0 amide bonds.